The molecule has 1 heterocycles. The number of carbonyl (C=O) groups is 1. The molecule has 27 heavy (non-hydrogen) atoms. The first-order valence-corrected chi connectivity index (χ1v) is 11.1. The van der Waals surface area contributed by atoms with Gasteiger partial charge in [-0.25, -0.2) is 13.2 Å². The van der Waals surface area contributed by atoms with Crippen LogP contribution in [0.1, 0.15) is 40.5 Å². The van der Waals surface area contributed by atoms with E-state index in [-0.39, 0.29) is 11.8 Å². The average Bonchev–Trinajstić information content (AvgIpc) is 2.59. The predicted octanol–water partition coefficient (Wildman–Crippen LogP) is 3.29. The molecule has 0 unspecified atom stereocenters. The summed E-state index contributed by atoms with van der Waals surface area (Å²) in [7, 11) is -3.36. The van der Waals surface area contributed by atoms with Crippen molar-refractivity contribution in [3.05, 3.63) is 24.3 Å². The van der Waals surface area contributed by atoms with E-state index < -0.39 is 15.6 Å². The van der Waals surface area contributed by atoms with Crippen molar-refractivity contribution in [2.24, 2.45) is 0 Å². The van der Waals surface area contributed by atoms with Gasteiger partial charge in [-0.3, -0.25) is 4.72 Å². The Bertz CT molecular complexity index is 736. The molecule has 8 heteroatoms. The van der Waals surface area contributed by atoms with Gasteiger partial charge < -0.3 is 14.5 Å². The summed E-state index contributed by atoms with van der Waals surface area (Å²) in [5.74, 6) is 0.115. The standard InChI is InChI=1S/C19H31N3O4S/c1-5-6-15-27(24,25)20-16-9-7-8-10-17(16)21-11-13-22(14-12-21)18(23)26-19(2,3)4/h7-10,20H,5-6,11-15H2,1-4H3. The fraction of sp³-hybridized carbons (Fsp3) is 0.632. The van der Waals surface area contributed by atoms with E-state index in [2.05, 4.69) is 9.62 Å². The molecule has 0 atom stereocenters. The molecule has 152 valence electrons. The summed E-state index contributed by atoms with van der Waals surface area (Å²) in [6.07, 6.45) is 1.15. The number of piperazine rings is 1. The highest BCUT2D eigenvalue weighted by atomic mass is 32.2. The van der Waals surface area contributed by atoms with Gasteiger partial charge in [-0.1, -0.05) is 25.5 Å². The Morgan fingerprint density at radius 2 is 1.78 bits per heavy atom. The zero-order chi connectivity index (χ0) is 20.1. The first kappa shape index (κ1) is 21.3. The maximum atomic E-state index is 12.3. The summed E-state index contributed by atoms with van der Waals surface area (Å²) in [6, 6.07) is 7.39. The zero-order valence-electron chi connectivity index (χ0n) is 16.7. The molecule has 0 radical (unpaired) electrons. The molecule has 1 aliphatic heterocycles. The average molecular weight is 398 g/mol. The number of hydrogen-bond donors (Lipinski definition) is 1. The molecule has 0 saturated carbocycles. The molecule has 0 spiro atoms. The Kier molecular flexibility index (Phi) is 6.97. The monoisotopic (exact) mass is 397 g/mol. The lowest BCUT2D eigenvalue weighted by Crippen LogP contribution is -2.50. The van der Waals surface area contributed by atoms with Crippen LogP contribution in [-0.4, -0.2) is 56.9 Å². The summed E-state index contributed by atoms with van der Waals surface area (Å²) in [6.45, 7) is 9.82. The lowest BCUT2D eigenvalue weighted by Gasteiger charge is -2.37. The third-order valence-corrected chi connectivity index (χ3v) is 5.57. The number of sulfonamides is 1. The predicted molar refractivity (Wildman–Crippen MR) is 109 cm³/mol. The maximum absolute atomic E-state index is 12.3. The van der Waals surface area contributed by atoms with Gasteiger partial charge in [0.15, 0.2) is 0 Å². The minimum atomic E-state index is -3.36. The summed E-state index contributed by atoms with van der Waals surface area (Å²) in [5.41, 5.74) is 0.901. The second kappa shape index (κ2) is 8.82. The fourth-order valence-electron chi connectivity index (χ4n) is 2.85. The number of para-hydroxylation sites is 2. The number of hydrogen-bond acceptors (Lipinski definition) is 5. The fourth-order valence-corrected chi connectivity index (χ4v) is 4.12. The van der Waals surface area contributed by atoms with Gasteiger partial charge in [0, 0.05) is 26.2 Å². The largest absolute Gasteiger partial charge is 0.444 e. The smallest absolute Gasteiger partial charge is 0.410 e. The third-order valence-electron chi connectivity index (χ3n) is 4.21. The maximum Gasteiger partial charge on any atom is 0.410 e. The van der Waals surface area contributed by atoms with E-state index in [0.717, 1.165) is 12.1 Å². The van der Waals surface area contributed by atoms with Gasteiger partial charge in [0.25, 0.3) is 0 Å². The van der Waals surface area contributed by atoms with Crippen molar-refractivity contribution in [1.82, 2.24) is 4.90 Å². The molecule has 1 aromatic carbocycles. The van der Waals surface area contributed by atoms with Crippen LogP contribution >= 0.6 is 0 Å². The van der Waals surface area contributed by atoms with E-state index in [4.69, 9.17) is 4.74 Å². The highest BCUT2D eigenvalue weighted by molar-refractivity contribution is 7.92. The second-order valence-electron chi connectivity index (χ2n) is 7.75. The van der Waals surface area contributed by atoms with Crippen molar-refractivity contribution in [1.29, 1.82) is 0 Å². The number of anilines is 2. The second-order valence-corrected chi connectivity index (χ2v) is 9.59. The number of carbonyl (C=O) groups excluding carboxylic acids is 1. The molecule has 0 aromatic heterocycles. The SMILES string of the molecule is CCCCS(=O)(=O)Nc1ccccc1N1CCN(C(=O)OC(C)(C)C)CC1. The van der Waals surface area contributed by atoms with Gasteiger partial charge in [0.2, 0.25) is 10.0 Å². The molecular weight excluding hydrogens is 366 g/mol. The van der Waals surface area contributed by atoms with Crippen molar-refractivity contribution < 1.29 is 17.9 Å². The quantitative estimate of drug-likeness (QED) is 0.797. The van der Waals surface area contributed by atoms with Crippen LogP contribution in [0.15, 0.2) is 24.3 Å². The Labute approximate surface area is 162 Å². The van der Waals surface area contributed by atoms with Crippen LogP contribution in [-0.2, 0) is 14.8 Å². The molecule has 1 saturated heterocycles. The molecule has 2 rings (SSSR count). The van der Waals surface area contributed by atoms with Crippen LogP contribution in [0.4, 0.5) is 16.2 Å². The molecule has 0 bridgehead atoms. The van der Waals surface area contributed by atoms with Crippen LogP contribution in [0.3, 0.4) is 0 Å². The van der Waals surface area contributed by atoms with Crippen molar-refractivity contribution in [3.8, 4) is 0 Å². The summed E-state index contributed by atoms with van der Waals surface area (Å²) in [5, 5.41) is 0. The number of benzene rings is 1. The van der Waals surface area contributed by atoms with E-state index in [1.165, 1.54) is 0 Å². The Balaban J connectivity index is 2.03. The summed E-state index contributed by atoms with van der Waals surface area (Å²) < 4.78 is 32.7. The molecule has 7 nitrogen and oxygen atoms in total. The molecule has 1 aromatic rings. The van der Waals surface area contributed by atoms with Gasteiger partial charge in [-0.15, -0.1) is 0 Å². The number of amides is 1. The van der Waals surface area contributed by atoms with Gasteiger partial charge in [-0.05, 0) is 39.3 Å². The molecular formula is C19H31N3O4S. The minimum Gasteiger partial charge on any atom is -0.444 e. The van der Waals surface area contributed by atoms with Crippen molar-refractivity contribution in [3.63, 3.8) is 0 Å². The lowest BCUT2D eigenvalue weighted by atomic mass is 10.2. The number of ether oxygens (including phenoxy) is 1. The van der Waals surface area contributed by atoms with Gasteiger partial charge in [0.05, 0.1) is 17.1 Å². The van der Waals surface area contributed by atoms with E-state index >= 15 is 0 Å². The summed E-state index contributed by atoms with van der Waals surface area (Å²) in [4.78, 5) is 16.0. The third kappa shape index (κ3) is 6.61. The number of rotatable bonds is 6. The van der Waals surface area contributed by atoms with Crippen molar-refractivity contribution in [2.45, 2.75) is 46.1 Å². The van der Waals surface area contributed by atoms with Crippen LogP contribution in [0.2, 0.25) is 0 Å². The van der Waals surface area contributed by atoms with E-state index in [9.17, 15) is 13.2 Å². The highest BCUT2D eigenvalue weighted by Crippen LogP contribution is 2.28. The van der Waals surface area contributed by atoms with Crippen molar-refractivity contribution in [2.75, 3.05) is 41.6 Å². The lowest BCUT2D eigenvalue weighted by molar-refractivity contribution is 0.0240. The van der Waals surface area contributed by atoms with Crippen LogP contribution in [0.5, 0.6) is 0 Å². The first-order chi connectivity index (χ1) is 12.6. The molecule has 1 aliphatic rings. The van der Waals surface area contributed by atoms with Crippen LogP contribution in [0.25, 0.3) is 0 Å². The molecule has 1 N–H and O–H groups in total. The van der Waals surface area contributed by atoms with E-state index in [0.29, 0.717) is 38.3 Å². The molecule has 1 amide bonds. The van der Waals surface area contributed by atoms with E-state index in [1.807, 2.05) is 45.9 Å². The molecule has 1 fully saturated rings. The van der Waals surface area contributed by atoms with Gasteiger partial charge in [0.1, 0.15) is 5.60 Å². The Morgan fingerprint density at radius 1 is 1.15 bits per heavy atom. The van der Waals surface area contributed by atoms with E-state index in [1.54, 1.807) is 11.0 Å². The zero-order valence-corrected chi connectivity index (χ0v) is 17.5. The number of nitrogens with one attached hydrogen (secondary N) is 1. The Hall–Kier alpha value is -1.96. The Morgan fingerprint density at radius 3 is 2.37 bits per heavy atom. The van der Waals surface area contributed by atoms with Crippen LogP contribution < -0.4 is 9.62 Å². The number of unbranched alkanes of at least 4 members (excludes halogenated alkanes) is 1. The minimum absolute atomic E-state index is 0.115. The highest BCUT2D eigenvalue weighted by Gasteiger charge is 2.27. The van der Waals surface area contributed by atoms with Crippen LogP contribution in [0, 0.1) is 0 Å². The first-order valence-electron chi connectivity index (χ1n) is 9.44. The van der Waals surface area contributed by atoms with Crippen molar-refractivity contribution >= 4 is 27.5 Å². The topological polar surface area (TPSA) is 79.0 Å². The van der Waals surface area contributed by atoms with Gasteiger partial charge >= 0.3 is 6.09 Å². The van der Waals surface area contributed by atoms with Gasteiger partial charge in [-0.2, -0.15) is 0 Å². The normalized spacial score (nSPS) is 15.6. The number of nitrogens with zero attached hydrogens (tertiary/aromatic N) is 2. The summed E-state index contributed by atoms with van der Waals surface area (Å²) >= 11 is 0. The molecule has 0 aliphatic carbocycles.